The van der Waals surface area contributed by atoms with E-state index in [-0.39, 0.29) is 12.6 Å². The van der Waals surface area contributed by atoms with Crippen LogP contribution in [0.1, 0.15) is 24.8 Å². The number of aliphatic hydroxyl groups is 1. The van der Waals surface area contributed by atoms with E-state index in [1.807, 2.05) is 29.2 Å². The van der Waals surface area contributed by atoms with Crippen molar-refractivity contribution in [1.82, 2.24) is 4.90 Å². The summed E-state index contributed by atoms with van der Waals surface area (Å²) in [6, 6.07) is 7.51. The number of benzene rings is 1. The Balaban J connectivity index is 1.90. The Kier molecular flexibility index (Phi) is 5.38. The average Bonchev–Trinajstić information content (AvgIpc) is 2.73. The molecule has 0 saturated carbocycles. The van der Waals surface area contributed by atoms with Crippen molar-refractivity contribution in [3.8, 4) is 0 Å². The summed E-state index contributed by atoms with van der Waals surface area (Å²) in [6.45, 7) is 2.18. The molecule has 5 heteroatoms. The predicted molar refractivity (Wildman–Crippen MR) is 79.4 cm³/mol. The third kappa shape index (κ3) is 3.95. The molecule has 5 nitrogen and oxygen atoms in total. The number of hydrogen-bond donors (Lipinski definition) is 3. The first-order valence-electron chi connectivity index (χ1n) is 7.18. The molecule has 0 radical (unpaired) electrons. The number of likely N-dealkylation sites (tertiary alicyclic amines) is 1. The van der Waals surface area contributed by atoms with E-state index in [1.165, 1.54) is 0 Å². The topological polar surface area (TPSA) is 78.6 Å². The lowest BCUT2D eigenvalue weighted by Gasteiger charge is -2.21. The molecule has 2 amide bonds. The average molecular weight is 277 g/mol. The molecule has 1 saturated heterocycles. The van der Waals surface area contributed by atoms with Crippen molar-refractivity contribution in [2.75, 3.05) is 25.0 Å². The number of nitrogens with zero attached hydrogens (tertiary/aromatic N) is 1. The number of amides is 2. The maximum atomic E-state index is 12.2. The molecule has 1 aliphatic heterocycles. The van der Waals surface area contributed by atoms with Crippen LogP contribution in [0.2, 0.25) is 0 Å². The summed E-state index contributed by atoms with van der Waals surface area (Å²) in [5.41, 5.74) is 7.38. The molecular weight excluding hydrogens is 254 g/mol. The van der Waals surface area contributed by atoms with Gasteiger partial charge in [-0.2, -0.15) is 0 Å². The van der Waals surface area contributed by atoms with E-state index < -0.39 is 0 Å². The Bertz CT molecular complexity index is 433. The number of hydrogen-bond acceptors (Lipinski definition) is 3. The molecule has 110 valence electrons. The maximum Gasteiger partial charge on any atom is 0.321 e. The molecule has 4 N–H and O–H groups in total. The van der Waals surface area contributed by atoms with Gasteiger partial charge in [-0.1, -0.05) is 12.1 Å². The summed E-state index contributed by atoms with van der Waals surface area (Å²) in [4.78, 5) is 14.0. The highest BCUT2D eigenvalue weighted by Crippen LogP contribution is 2.18. The minimum absolute atomic E-state index is 0.0657. The summed E-state index contributed by atoms with van der Waals surface area (Å²) in [6.07, 6.45) is 2.81. The Hall–Kier alpha value is -1.59. The second-order valence-corrected chi connectivity index (χ2v) is 5.30. The molecule has 1 fully saturated rings. The zero-order valence-electron chi connectivity index (χ0n) is 11.7. The van der Waals surface area contributed by atoms with Gasteiger partial charge in [0, 0.05) is 31.9 Å². The molecule has 1 aliphatic rings. The molecule has 1 aromatic carbocycles. The molecule has 0 aromatic heterocycles. The van der Waals surface area contributed by atoms with Gasteiger partial charge < -0.3 is 21.1 Å². The number of carbonyl (C=O) groups excluding carboxylic acids is 1. The molecule has 1 heterocycles. The number of nitrogens with two attached hydrogens (primary N) is 1. The highest BCUT2D eigenvalue weighted by molar-refractivity contribution is 5.89. The predicted octanol–water partition coefficient (Wildman–Crippen LogP) is 1.77. The molecule has 0 aliphatic carbocycles. The van der Waals surface area contributed by atoms with Crippen LogP contribution in [0.15, 0.2) is 24.3 Å². The van der Waals surface area contributed by atoms with Crippen molar-refractivity contribution in [3.63, 3.8) is 0 Å². The van der Waals surface area contributed by atoms with Gasteiger partial charge >= 0.3 is 6.03 Å². The molecule has 20 heavy (non-hydrogen) atoms. The summed E-state index contributed by atoms with van der Waals surface area (Å²) < 4.78 is 0. The smallest absolute Gasteiger partial charge is 0.321 e. The van der Waals surface area contributed by atoms with Crippen LogP contribution in [-0.2, 0) is 6.54 Å². The molecule has 2 rings (SSSR count). The van der Waals surface area contributed by atoms with Crippen LogP contribution in [0.25, 0.3) is 0 Å². The van der Waals surface area contributed by atoms with E-state index in [2.05, 4.69) is 5.32 Å². The number of urea groups is 1. The molecule has 0 bridgehead atoms. The number of anilines is 1. The van der Waals surface area contributed by atoms with Crippen LogP contribution in [-0.4, -0.2) is 35.7 Å². The van der Waals surface area contributed by atoms with Crippen LogP contribution in [0.3, 0.4) is 0 Å². The minimum Gasteiger partial charge on any atom is -0.396 e. The van der Waals surface area contributed by atoms with Gasteiger partial charge in [-0.25, -0.2) is 4.79 Å². The maximum absolute atomic E-state index is 12.2. The van der Waals surface area contributed by atoms with Gasteiger partial charge in [0.15, 0.2) is 0 Å². The van der Waals surface area contributed by atoms with Crippen LogP contribution in [0.4, 0.5) is 10.5 Å². The van der Waals surface area contributed by atoms with E-state index in [9.17, 15) is 9.90 Å². The van der Waals surface area contributed by atoms with Gasteiger partial charge in [0.1, 0.15) is 0 Å². The first-order chi connectivity index (χ1) is 9.72. The van der Waals surface area contributed by atoms with Gasteiger partial charge in [0.2, 0.25) is 0 Å². The van der Waals surface area contributed by atoms with Crippen molar-refractivity contribution >= 4 is 11.7 Å². The zero-order chi connectivity index (χ0) is 14.4. The fourth-order valence-electron chi connectivity index (χ4n) is 2.48. The van der Waals surface area contributed by atoms with Crippen LogP contribution >= 0.6 is 0 Å². The third-order valence-corrected chi connectivity index (χ3v) is 3.83. The molecule has 0 spiro atoms. The van der Waals surface area contributed by atoms with Crippen LogP contribution in [0.5, 0.6) is 0 Å². The number of aliphatic hydroxyl groups excluding tert-OH is 1. The first kappa shape index (κ1) is 14.8. The Labute approximate surface area is 119 Å². The van der Waals surface area contributed by atoms with E-state index in [0.29, 0.717) is 19.0 Å². The normalized spacial score (nSPS) is 19.5. The Morgan fingerprint density at radius 3 is 2.70 bits per heavy atom. The molecule has 1 atom stereocenters. The fraction of sp³-hybridized carbons (Fsp3) is 0.533. The van der Waals surface area contributed by atoms with Gasteiger partial charge in [-0.15, -0.1) is 0 Å². The molecule has 1 aromatic rings. The zero-order valence-corrected chi connectivity index (χ0v) is 11.7. The van der Waals surface area contributed by atoms with Gasteiger partial charge in [-0.3, -0.25) is 0 Å². The minimum atomic E-state index is -0.0657. The van der Waals surface area contributed by atoms with E-state index in [1.54, 1.807) is 0 Å². The third-order valence-electron chi connectivity index (χ3n) is 3.83. The number of carbonyl (C=O) groups is 1. The highest BCUT2D eigenvalue weighted by atomic mass is 16.3. The Morgan fingerprint density at radius 2 is 2.05 bits per heavy atom. The van der Waals surface area contributed by atoms with Crippen molar-refractivity contribution in [1.29, 1.82) is 0 Å². The van der Waals surface area contributed by atoms with Gasteiger partial charge in [0.25, 0.3) is 0 Å². The van der Waals surface area contributed by atoms with Gasteiger partial charge in [0.05, 0.1) is 0 Å². The Morgan fingerprint density at radius 1 is 1.30 bits per heavy atom. The van der Waals surface area contributed by atoms with Gasteiger partial charge in [-0.05, 0) is 42.9 Å². The second-order valence-electron chi connectivity index (χ2n) is 5.30. The van der Waals surface area contributed by atoms with E-state index in [0.717, 1.165) is 37.1 Å². The van der Waals surface area contributed by atoms with E-state index >= 15 is 0 Å². The van der Waals surface area contributed by atoms with Crippen LogP contribution in [0, 0.1) is 5.92 Å². The van der Waals surface area contributed by atoms with Crippen molar-refractivity contribution in [2.45, 2.75) is 25.8 Å². The lowest BCUT2D eigenvalue weighted by atomic mass is 10.0. The summed E-state index contributed by atoms with van der Waals surface area (Å²) in [5.74, 6) is 0.330. The molecule has 1 unspecified atom stereocenters. The monoisotopic (exact) mass is 277 g/mol. The summed E-state index contributed by atoms with van der Waals surface area (Å²) in [7, 11) is 0. The standard InChI is InChI=1S/C15H23N3O2/c16-10-12-3-5-14(6-4-12)17-15(20)18-8-1-2-13(11-19)7-9-18/h3-6,13,19H,1-2,7-11,16H2,(H,17,20). The fourth-order valence-corrected chi connectivity index (χ4v) is 2.48. The number of rotatable bonds is 3. The number of nitrogens with one attached hydrogen (secondary N) is 1. The molecular formula is C15H23N3O2. The summed E-state index contributed by atoms with van der Waals surface area (Å²) in [5, 5.41) is 12.1. The lowest BCUT2D eigenvalue weighted by Crippen LogP contribution is -2.35. The largest absolute Gasteiger partial charge is 0.396 e. The lowest BCUT2D eigenvalue weighted by molar-refractivity contribution is 0.202. The van der Waals surface area contributed by atoms with Crippen molar-refractivity contribution in [2.24, 2.45) is 11.7 Å². The quantitative estimate of drug-likeness (QED) is 0.788. The van der Waals surface area contributed by atoms with E-state index in [4.69, 9.17) is 5.73 Å². The van der Waals surface area contributed by atoms with Crippen LogP contribution < -0.4 is 11.1 Å². The first-order valence-corrected chi connectivity index (χ1v) is 7.18. The van der Waals surface area contributed by atoms with Crippen molar-refractivity contribution < 1.29 is 9.90 Å². The highest BCUT2D eigenvalue weighted by Gasteiger charge is 2.20. The summed E-state index contributed by atoms with van der Waals surface area (Å²) >= 11 is 0. The SMILES string of the molecule is NCc1ccc(NC(=O)N2CCCC(CO)CC2)cc1. The van der Waals surface area contributed by atoms with Crippen molar-refractivity contribution in [3.05, 3.63) is 29.8 Å². The second kappa shape index (κ2) is 7.26.